The Morgan fingerprint density at radius 1 is 1.07 bits per heavy atom. The summed E-state index contributed by atoms with van der Waals surface area (Å²) in [4.78, 5) is 15.9. The maximum atomic E-state index is 13.5. The molecule has 0 aliphatic heterocycles. The molecule has 0 spiro atoms. The van der Waals surface area contributed by atoms with Crippen molar-refractivity contribution in [3.63, 3.8) is 0 Å². The summed E-state index contributed by atoms with van der Waals surface area (Å²) in [6.07, 6.45) is 1.75. The van der Waals surface area contributed by atoms with Gasteiger partial charge in [-0.25, -0.2) is 27.0 Å². The van der Waals surface area contributed by atoms with Crippen LogP contribution in [0.3, 0.4) is 0 Å². The molecule has 28 heavy (non-hydrogen) atoms. The summed E-state index contributed by atoms with van der Waals surface area (Å²) in [7, 11) is 1.63. The largest absolute Gasteiger partial charge is 0.748 e. The average Bonchev–Trinajstić information content (AvgIpc) is 2.54. The molecule has 12 heteroatoms. The zero-order chi connectivity index (χ0) is 21.9. The van der Waals surface area contributed by atoms with E-state index in [0.717, 1.165) is 6.20 Å². The van der Waals surface area contributed by atoms with E-state index < -0.39 is 45.1 Å². The lowest BCUT2D eigenvalue weighted by Crippen LogP contribution is -2.35. The van der Waals surface area contributed by atoms with Gasteiger partial charge in [-0.05, 0) is 6.07 Å². The Balaban J connectivity index is 0.000000696. The minimum absolute atomic E-state index is 0.0274. The molecule has 154 valence electrons. The van der Waals surface area contributed by atoms with E-state index in [1.807, 2.05) is 21.1 Å². The van der Waals surface area contributed by atoms with Crippen molar-refractivity contribution in [1.29, 1.82) is 0 Å². The Hall–Kier alpha value is -2.57. The van der Waals surface area contributed by atoms with Crippen LogP contribution >= 0.6 is 0 Å². The first kappa shape index (κ1) is 23.5. The molecule has 0 N–H and O–H groups in total. The normalized spacial score (nSPS) is 11.5. The molecule has 0 unspecified atom stereocenters. The number of benzene rings is 1. The van der Waals surface area contributed by atoms with E-state index in [9.17, 15) is 22.4 Å². The molecule has 2 rings (SSSR count). The van der Waals surface area contributed by atoms with Crippen molar-refractivity contribution < 1.29 is 40.1 Å². The van der Waals surface area contributed by atoms with E-state index in [2.05, 4.69) is 9.72 Å². The predicted octanol–water partition coefficient (Wildman–Crippen LogP) is 2.22. The van der Waals surface area contributed by atoms with E-state index in [4.69, 9.17) is 13.0 Å². The van der Waals surface area contributed by atoms with Gasteiger partial charge in [0.2, 0.25) is 23.2 Å². The minimum Gasteiger partial charge on any atom is -0.748 e. The van der Waals surface area contributed by atoms with Gasteiger partial charge in [0.15, 0.2) is 11.6 Å². The third-order valence-electron chi connectivity index (χ3n) is 2.94. The first-order chi connectivity index (χ1) is 12.6. The van der Waals surface area contributed by atoms with Crippen LogP contribution in [0.1, 0.15) is 10.4 Å². The van der Waals surface area contributed by atoms with Crippen molar-refractivity contribution in [3.05, 3.63) is 53.2 Å². The summed E-state index contributed by atoms with van der Waals surface area (Å²) in [6, 6.07) is 2.88. The molecule has 1 aromatic carbocycles. The quantitative estimate of drug-likeness (QED) is 0.187. The van der Waals surface area contributed by atoms with Crippen molar-refractivity contribution in [2.45, 2.75) is 0 Å². The van der Waals surface area contributed by atoms with Crippen LogP contribution in [0.2, 0.25) is 0 Å². The van der Waals surface area contributed by atoms with Gasteiger partial charge in [-0.2, -0.15) is 8.78 Å². The number of nitrogens with zero attached hydrogens (tertiary/aromatic N) is 2. The number of hydrogen-bond acceptors (Lipinski definition) is 6. The third-order valence-corrected chi connectivity index (χ3v) is 2.94. The van der Waals surface area contributed by atoms with Crippen LogP contribution in [0, 0.1) is 23.3 Å². The van der Waals surface area contributed by atoms with Crippen LogP contribution in [0.5, 0.6) is 5.75 Å². The number of carbonyl (C=O) groups excluding carboxylic acids is 1. The van der Waals surface area contributed by atoms with Gasteiger partial charge in [-0.3, -0.25) is 4.48 Å². The Kier molecular flexibility index (Phi) is 7.23. The average molecular weight is 424 g/mol. The summed E-state index contributed by atoms with van der Waals surface area (Å²) >= 11 is 0. The molecule has 2 aromatic rings. The van der Waals surface area contributed by atoms with Gasteiger partial charge in [0.25, 0.3) is 0 Å². The number of esters is 1. The molecule has 0 fully saturated rings. The lowest BCUT2D eigenvalue weighted by molar-refractivity contribution is 0.0716. The Labute approximate surface area is 158 Å². The van der Waals surface area contributed by atoms with Crippen LogP contribution in [0.15, 0.2) is 24.4 Å². The highest BCUT2D eigenvalue weighted by Crippen LogP contribution is 2.27. The summed E-state index contributed by atoms with van der Waals surface area (Å²) in [5.74, 6) is -8.89. The second-order valence-corrected chi connectivity index (χ2v) is 7.72. The first-order valence-electron chi connectivity index (χ1n) is 7.35. The highest BCUT2D eigenvalue weighted by atomic mass is 32.2. The highest BCUT2D eigenvalue weighted by molar-refractivity contribution is 7.84. The second-order valence-electron chi connectivity index (χ2n) is 6.31. The molecular formula is C16H16F4N2O5S. The van der Waals surface area contributed by atoms with Crippen molar-refractivity contribution in [1.82, 2.24) is 9.47 Å². The fraction of sp³-hybridized carbons (Fsp3) is 0.250. The topological polar surface area (TPSA) is 96.4 Å². The fourth-order valence-electron chi connectivity index (χ4n) is 1.70. The molecule has 0 bridgehead atoms. The summed E-state index contributed by atoms with van der Waals surface area (Å²) < 4.78 is 85.1. The van der Waals surface area contributed by atoms with E-state index in [0.29, 0.717) is 16.6 Å². The van der Waals surface area contributed by atoms with E-state index in [1.54, 1.807) is 0 Å². The van der Waals surface area contributed by atoms with Crippen LogP contribution in [-0.2, 0) is 10.1 Å². The Morgan fingerprint density at radius 2 is 1.54 bits per heavy atom. The smallest absolute Gasteiger partial charge is 0.345 e. The van der Waals surface area contributed by atoms with Crippen LogP contribution in [0.25, 0.3) is 0 Å². The van der Waals surface area contributed by atoms with E-state index in [1.165, 1.54) is 12.1 Å². The summed E-state index contributed by atoms with van der Waals surface area (Å²) in [5, 5.41) is 0. The predicted molar refractivity (Wildman–Crippen MR) is 90.7 cm³/mol. The number of rotatable bonds is 3. The molecule has 1 heterocycles. The van der Waals surface area contributed by atoms with E-state index >= 15 is 0 Å². The molecular weight excluding hydrogens is 408 g/mol. The molecule has 0 aliphatic carbocycles. The van der Waals surface area contributed by atoms with Gasteiger partial charge >= 0.3 is 5.97 Å². The number of carbonyl (C=O) groups is 1. The monoisotopic (exact) mass is 424 g/mol. The standard InChI is InChI=1S/C15H13F4N2O2.CH4O3S/c1-21(2,3)11-5-4-8(7-20-11)15(22)23-14-12(18)9(16)6-10(17)13(14)19;1-5(2,3)4/h4-7H,1-3H3;1H3,(H,2,3,4)/q+1;/p-1. The van der Waals surface area contributed by atoms with Crippen molar-refractivity contribution in [3.8, 4) is 5.75 Å². The number of pyridine rings is 1. The zero-order valence-corrected chi connectivity index (χ0v) is 16.0. The van der Waals surface area contributed by atoms with Gasteiger partial charge in [0.1, 0.15) is 0 Å². The third kappa shape index (κ3) is 6.87. The molecule has 0 saturated heterocycles. The summed E-state index contributed by atoms with van der Waals surface area (Å²) in [6.45, 7) is 0. The maximum Gasteiger partial charge on any atom is 0.345 e. The Bertz CT molecular complexity index is 940. The van der Waals surface area contributed by atoms with Gasteiger partial charge < -0.3 is 9.29 Å². The van der Waals surface area contributed by atoms with Crippen molar-refractivity contribution in [2.24, 2.45) is 0 Å². The maximum absolute atomic E-state index is 13.5. The van der Waals surface area contributed by atoms with Crippen LogP contribution in [-0.4, -0.2) is 51.3 Å². The number of hydrogen-bond donors (Lipinski definition) is 0. The van der Waals surface area contributed by atoms with Gasteiger partial charge in [-0.1, -0.05) is 0 Å². The molecule has 0 amide bonds. The molecule has 0 atom stereocenters. The van der Waals surface area contributed by atoms with Gasteiger partial charge in [0, 0.05) is 24.6 Å². The van der Waals surface area contributed by atoms with Gasteiger partial charge in [-0.15, -0.1) is 0 Å². The molecule has 0 radical (unpaired) electrons. The zero-order valence-electron chi connectivity index (χ0n) is 15.2. The van der Waals surface area contributed by atoms with Crippen molar-refractivity contribution in [2.75, 3.05) is 27.4 Å². The lowest BCUT2D eigenvalue weighted by atomic mass is 10.2. The van der Waals surface area contributed by atoms with Crippen LogP contribution < -0.4 is 9.22 Å². The van der Waals surface area contributed by atoms with Gasteiger partial charge in [0.05, 0.1) is 36.8 Å². The summed E-state index contributed by atoms with van der Waals surface area (Å²) in [5.41, 5.74) is -0.120. The molecule has 7 nitrogen and oxygen atoms in total. The van der Waals surface area contributed by atoms with Crippen molar-refractivity contribution >= 4 is 21.9 Å². The number of ether oxygens (including phenoxy) is 1. The molecule has 0 saturated carbocycles. The first-order valence-corrected chi connectivity index (χ1v) is 9.17. The van der Waals surface area contributed by atoms with Crippen LogP contribution in [0.4, 0.5) is 23.4 Å². The minimum atomic E-state index is -3.92. The van der Waals surface area contributed by atoms with E-state index in [-0.39, 0.29) is 11.6 Å². The number of aromatic nitrogens is 1. The second kappa shape index (κ2) is 8.63. The molecule has 1 aromatic heterocycles. The fourth-order valence-corrected chi connectivity index (χ4v) is 1.70. The number of quaternary nitrogens is 1. The molecule has 0 aliphatic rings. The number of halogens is 4. The Morgan fingerprint density at radius 3 is 1.89 bits per heavy atom. The highest BCUT2D eigenvalue weighted by Gasteiger charge is 2.24. The lowest BCUT2D eigenvalue weighted by Gasteiger charge is -2.21. The SMILES string of the molecule is CS(=O)(=O)[O-].C[N+](C)(C)c1ccc(C(=O)Oc2c(F)c(F)cc(F)c2F)cn1.